The van der Waals surface area contributed by atoms with Gasteiger partial charge in [-0.1, -0.05) is 145 Å². The topological polar surface area (TPSA) is 131 Å². The van der Waals surface area contributed by atoms with Crippen LogP contribution in [0, 0.1) is 0 Å². The quantitative estimate of drug-likeness (QED) is 0.0243. The first-order chi connectivity index (χ1) is 26.3. The van der Waals surface area contributed by atoms with Gasteiger partial charge in [0.2, 0.25) is 5.91 Å². The van der Waals surface area contributed by atoms with Crippen LogP contribution in [-0.2, 0) is 27.9 Å². The van der Waals surface area contributed by atoms with Gasteiger partial charge in [-0.3, -0.25) is 18.6 Å². The first kappa shape index (κ1) is 51.7. The number of carbonyl (C=O) groups excluding carboxylic acids is 2. The lowest BCUT2D eigenvalue weighted by Gasteiger charge is -2.15. The smallest absolute Gasteiger partial charge is 0.463 e. The van der Waals surface area contributed by atoms with E-state index < -0.39 is 26.5 Å². The predicted molar refractivity (Wildman–Crippen MR) is 224 cm³/mol. The molecule has 0 spiro atoms. The van der Waals surface area contributed by atoms with E-state index in [1.165, 1.54) is 57.8 Å². The molecule has 312 valence electrons. The molecule has 0 aliphatic carbocycles. The van der Waals surface area contributed by atoms with Gasteiger partial charge in [0.25, 0.3) is 0 Å². The lowest BCUT2D eigenvalue weighted by molar-refractivity contribution is -0.147. The highest BCUT2D eigenvalue weighted by Gasteiger charge is 2.23. The Kier molecular flexibility index (Phi) is 38.7. The Balaban J connectivity index is 3.63. The Bertz CT molecular complexity index is 1070. The summed E-state index contributed by atoms with van der Waals surface area (Å²) in [5.41, 5.74) is 0. The van der Waals surface area contributed by atoms with Crippen molar-refractivity contribution in [2.45, 2.75) is 180 Å². The van der Waals surface area contributed by atoms with Gasteiger partial charge < -0.3 is 20.1 Å². The summed E-state index contributed by atoms with van der Waals surface area (Å²) < 4.78 is 26.8. The average molecular weight is 780 g/mol. The molecular formula is C44H78NO8P. The first-order valence-corrected chi connectivity index (χ1v) is 22.8. The molecule has 0 aromatic rings. The third kappa shape index (κ3) is 40.9. The van der Waals surface area contributed by atoms with Crippen molar-refractivity contribution in [3.63, 3.8) is 0 Å². The molecule has 0 rings (SSSR count). The van der Waals surface area contributed by atoms with Gasteiger partial charge in [-0.05, 0) is 77.0 Å². The zero-order chi connectivity index (χ0) is 39.6. The molecule has 0 saturated carbocycles. The lowest BCUT2D eigenvalue weighted by atomic mass is 10.1. The van der Waals surface area contributed by atoms with Crippen LogP contribution < -0.4 is 5.32 Å². The molecule has 0 bridgehead atoms. The Morgan fingerprint density at radius 3 is 1.59 bits per heavy atom. The standard InChI is InChI=1S/C44H78NO8P/c1-3-5-7-9-11-13-15-16-17-18-19-20-21-22-23-24-25-26-27-28-30-32-34-36-43(47)45-38-39-52-54(49,50)53-41-42(46)40-51-44(48)37-35-33-31-29-14-12-10-8-6-4-2/h8,10-11,13,16-17,19-20,22-23,42,46H,3-7,9,12,14-15,18,21,24-41H2,1-2H3,(H,45,47)(H,49,50)/b10-8-,13-11-,17-16-,20-19-,23-22-. The van der Waals surface area contributed by atoms with Crippen molar-refractivity contribution >= 4 is 19.7 Å². The van der Waals surface area contributed by atoms with E-state index in [1.54, 1.807) is 0 Å². The predicted octanol–water partition coefficient (Wildman–Crippen LogP) is 11.7. The number of rotatable bonds is 39. The Labute approximate surface area is 329 Å². The highest BCUT2D eigenvalue weighted by atomic mass is 31.2. The number of nitrogens with one attached hydrogen (secondary N) is 1. The molecule has 0 aliphatic rings. The summed E-state index contributed by atoms with van der Waals surface area (Å²) in [6, 6.07) is 0. The van der Waals surface area contributed by atoms with Crippen LogP contribution in [0.3, 0.4) is 0 Å². The number of esters is 1. The van der Waals surface area contributed by atoms with Crippen LogP contribution in [0.5, 0.6) is 0 Å². The van der Waals surface area contributed by atoms with Gasteiger partial charge in [-0.25, -0.2) is 4.57 Å². The highest BCUT2D eigenvalue weighted by Crippen LogP contribution is 2.42. The molecule has 0 aliphatic heterocycles. The molecule has 10 heteroatoms. The maximum atomic E-state index is 12.1. The van der Waals surface area contributed by atoms with Gasteiger partial charge in [-0.2, -0.15) is 0 Å². The number of phosphoric acid groups is 1. The number of allylic oxidation sites excluding steroid dienone is 10. The van der Waals surface area contributed by atoms with E-state index in [9.17, 15) is 24.2 Å². The van der Waals surface area contributed by atoms with Crippen molar-refractivity contribution in [1.82, 2.24) is 5.32 Å². The van der Waals surface area contributed by atoms with E-state index in [-0.39, 0.29) is 32.1 Å². The van der Waals surface area contributed by atoms with Crippen LogP contribution in [0.2, 0.25) is 0 Å². The fourth-order valence-corrected chi connectivity index (χ4v) is 6.18. The summed E-state index contributed by atoms with van der Waals surface area (Å²) in [4.78, 5) is 33.8. The number of phosphoric ester groups is 1. The van der Waals surface area contributed by atoms with Crippen molar-refractivity contribution in [2.24, 2.45) is 0 Å². The fraction of sp³-hybridized carbons (Fsp3) is 0.727. The molecular weight excluding hydrogens is 701 g/mol. The summed E-state index contributed by atoms with van der Waals surface area (Å²) in [5.74, 6) is -0.542. The Morgan fingerprint density at radius 2 is 1.04 bits per heavy atom. The number of carbonyl (C=O) groups is 2. The van der Waals surface area contributed by atoms with Gasteiger partial charge in [0.15, 0.2) is 0 Å². The number of unbranched alkanes of at least 4 members (excludes halogenated alkanes) is 16. The fourth-order valence-electron chi connectivity index (χ4n) is 5.42. The lowest BCUT2D eigenvalue weighted by Crippen LogP contribution is -2.27. The Morgan fingerprint density at radius 1 is 0.574 bits per heavy atom. The van der Waals surface area contributed by atoms with Gasteiger partial charge in [0, 0.05) is 19.4 Å². The van der Waals surface area contributed by atoms with Crippen LogP contribution in [0.4, 0.5) is 0 Å². The van der Waals surface area contributed by atoms with Crippen molar-refractivity contribution in [3.05, 3.63) is 60.8 Å². The van der Waals surface area contributed by atoms with Crippen LogP contribution in [-0.4, -0.2) is 54.3 Å². The van der Waals surface area contributed by atoms with Crippen LogP contribution in [0.25, 0.3) is 0 Å². The van der Waals surface area contributed by atoms with E-state index in [2.05, 4.69) is 79.9 Å². The number of ether oxygens (including phenoxy) is 1. The Hall–Kier alpha value is -2.29. The largest absolute Gasteiger partial charge is 0.472 e. The molecule has 9 nitrogen and oxygen atoms in total. The van der Waals surface area contributed by atoms with E-state index >= 15 is 0 Å². The van der Waals surface area contributed by atoms with Crippen LogP contribution in [0.15, 0.2) is 60.8 Å². The highest BCUT2D eigenvalue weighted by molar-refractivity contribution is 7.47. The zero-order valence-electron chi connectivity index (χ0n) is 34.1. The zero-order valence-corrected chi connectivity index (χ0v) is 35.0. The molecule has 2 atom stereocenters. The number of aliphatic hydroxyl groups excluding tert-OH is 1. The van der Waals surface area contributed by atoms with Crippen molar-refractivity contribution < 1.29 is 37.9 Å². The van der Waals surface area contributed by atoms with E-state index in [1.807, 2.05) is 0 Å². The normalized spacial score (nSPS) is 13.9. The SMILES string of the molecule is CCC/C=C\CCCCCCCC(=O)OCC(O)COP(=O)(O)OCCNC(=O)CCCCCCCCC/C=C\C/C=C\C/C=C\C/C=C\CCCCC. The minimum Gasteiger partial charge on any atom is -0.463 e. The number of hydrogen-bond donors (Lipinski definition) is 3. The second-order valence-corrected chi connectivity index (χ2v) is 15.4. The van der Waals surface area contributed by atoms with Crippen LogP contribution >= 0.6 is 7.82 Å². The summed E-state index contributed by atoms with van der Waals surface area (Å²) in [7, 11) is -4.42. The maximum absolute atomic E-state index is 12.1. The molecule has 3 N–H and O–H groups in total. The molecule has 1 amide bonds. The number of aliphatic hydroxyl groups is 1. The van der Waals surface area contributed by atoms with Gasteiger partial charge in [-0.15, -0.1) is 0 Å². The van der Waals surface area contributed by atoms with Crippen LogP contribution in [0.1, 0.15) is 174 Å². The van der Waals surface area contributed by atoms with E-state index in [4.69, 9.17) is 13.8 Å². The van der Waals surface area contributed by atoms with Crippen molar-refractivity contribution in [3.8, 4) is 0 Å². The third-order valence-electron chi connectivity index (χ3n) is 8.65. The maximum Gasteiger partial charge on any atom is 0.472 e. The molecule has 0 saturated heterocycles. The van der Waals surface area contributed by atoms with Gasteiger partial charge >= 0.3 is 13.8 Å². The van der Waals surface area contributed by atoms with Gasteiger partial charge in [0.1, 0.15) is 12.7 Å². The molecule has 0 radical (unpaired) electrons. The number of amides is 1. The van der Waals surface area contributed by atoms with E-state index in [0.29, 0.717) is 6.42 Å². The minimum absolute atomic E-state index is 0.0718. The molecule has 0 aromatic heterocycles. The summed E-state index contributed by atoms with van der Waals surface area (Å²) in [5, 5.41) is 12.6. The number of hydrogen-bond acceptors (Lipinski definition) is 7. The monoisotopic (exact) mass is 780 g/mol. The summed E-state index contributed by atoms with van der Waals surface area (Å²) in [6.45, 7) is 3.42. The molecule has 0 aromatic carbocycles. The molecule has 54 heavy (non-hydrogen) atoms. The third-order valence-corrected chi connectivity index (χ3v) is 9.64. The summed E-state index contributed by atoms with van der Waals surface area (Å²) >= 11 is 0. The summed E-state index contributed by atoms with van der Waals surface area (Å²) in [6.07, 6.45) is 47.3. The second kappa shape index (κ2) is 40.4. The van der Waals surface area contributed by atoms with Gasteiger partial charge in [0.05, 0.1) is 13.2 Å². The average Bonchev–Trinajstić information content (AvgIpc) is 3.16. The molecule has 2 unspecified atom stereocenters. The minimum atomic E-state index is -4.42. The van der Waals surface area contributed by atoms with Crippen molar-refractivity contribution in [2.75, 3.05) is 26.4 Å². The molecule has 0 fully saturated rings. The second-order valence-electron chi connectivity index (χ2n) is 14.0. The molecule has 0 heterocycles. The first-order valence-electron chi connectivity index (χ1n) is 21.3. The van der Waals surface area contributed by atoms with E-state index in [0.717, 1.165) is 89.9 Å². The van der Waals surface area contributed by atoms with Crippen molar-refractivity contribution in [1.29, 1.82) is 0 Å².